The Bertz CT molecular complexity index is 386. The first-order valence-electron chi connectivity index (χ1n) is 7.63. The summed E-state index contributed by atoms with van der Waals surface area (Å²) in [4.78, 5) is 2.43. The fourth-order valence-electron chi connectivity index (χ4n) is 2.16. The van der Waals surface area contributed by atoms with Crippen LogP contribution >= 0.6 is 0 Å². The lowest BCUT2D eigenvalue weighted by atomic mass is 9.95. The molecule has 0 aliphatic rings. The van der Waals surface area contributed by atoms with E-state index >= 15 is 0 Å². The first kappa shape index (κ1) is 17.2. The Hall–Kier alpha value is -0.900. The Kier molecular flexibility index (Phi) is 7.20. The molecular formula is C17H30N2O. The first-order valence-corrected chi connectivity index (χ1v) is 7.63. The monoisotopic (exact) mass is 278 g/mol. The van der Waals surface area contributed by atoms with Crippen molar-refractivity contribution in [2.75, 3.05) is 26.2 Å². The first-order chi connectivity index (χ1) is 9.52. The predicted octanol–water partition coefficient (Wildman–Crippen LogP) is 2.64. The molecule has 0 saturated carbocycles. The quantitative estimate of drug-likeness (QED) is 0.729. The van der Waals surface area contributed by atoms with Crippen LogP contribution in [0.15, 0.2) is 24.3 Å². The van der Waals surface area contributed by atoms with Crippen LogP contribution in [-0.4, -0.2) is 36.2 Å². The van der Waals surface area contributed by atoms with Crippen molar-refractivity contribution in [1.29, 1.82) is 0 Å². The van der Waals surface area contributed by atoms with Crippen LogP contribution in [0.5, 0.6) is 0 Å². The Morgan fingerprint density at radius 3 is 2.25 bits per heavy atom. The van der Waals surface area contributed by atoms with E-state index in [-0.39, 0.29) is 12.0 Å². The molecule has 3 heteroatoms. The van der Waals surface area contributed by atoms with Crippen LogP contribution in [0, 0.1) is 5.41 Å². The highest BCUT2D eigenvalue weighted by Gasteiger charge is 2.15. The van der Waals surface area contributed by atoms with Gasteiger partial charge in [0.25, 0.3) is 0 Å². The van der Waals surface area contributed by atoms with Gasteiger partial charge < -0.3 is 10.4 Å². The Morgan fingerprint density at radius 1 is 1.10 bits per heavy atom. The average Bonchev–Trinajstić information content (AvgIpc) is 2.46. The molecule has 0 amide bonds. The van der Waals surface area contributed by atoms with Crippen LogP contribution in [0.2, 0.25) is 0 Å². The van der Waals surface area contributed by atoms with E-state index in [1.54, 1.807) is 0 Å². The molecule has 0 aliphatic heterocycles. The highest BCUT2D eigenvalue weighted by Crippen LogP contribution is 2.14. The molecule has 0 atom stereocenters. The number of benzene rings is 1. The SMILES string of the molecule is CCN(CC)Cc1ccccc1CNCC(C)(C)CO. The van der Waals surface area contributed by atoms with Crippen molar-refractivity contribution < 1.29 is 5.11 Å². The van der Waals surface area contributed by atoms with Gasteiger partial charge in [0.15, 0.2) is 0 Å². The van der Waals surface area contributed by atoms with Crippen LogP contribution in [0.25, 0.3) is 0 Å². The second-order valence-electron chi connectivity index (χ2n) is 6.16. The standard InChI is InChI=1S/C17H30N2O/c1-5-19(6-2)12-16-10-8-7-9-15(16)11-18-13-17(3,4)14-20/h7-10,18,20H,5-6,11-14H2,1-4H3. The van der Waals surface area contributed by atoms with Crippen molar-refractivity contribution in [3.8, 4) is 0 Å². The Labute approximate surface area is 124 Å². The number of rotatable bonds is 9. The van der Waals surface area contributed by atoms with Gasteiger partial charge in [0, 0.05) is 31.7 Å². The molecule has 2 N–H and O–H groups in total. The van der Waals surface area contributed by atoms with E-state index in [1.165, 1.54) is 11.1 Å². The maximum Gasteiger partial charge on any atom is 0.0494 e. The molecule has 0 spiro atoms. The molecule has 1 aromatic rings. The summed E-state index contributed by atoms with van der Waals surface area (Å²) in [5.41, 5.74) is 2.69. The molecule has 114 valence electrons. The molecule has 1 rings (SSSR count). The van der Waals surface area contributed by atoms with Gasteiger partial charge in [-0.25, -0.2) is 0 Å². The van der Waals surface area contributed by atoms with Gasteiger partial charge in [-0.05, 0) is 24.2 Å². The normalized spacial score (nSPS) is 12.1. The lowest BCUT2D eigenvalue weighted by molar-refractivity contribution is 0.156. The fraction of sp³-hybridized carbons (Fsp3) is 0.647. The Balaban J connectivity index is 2.61. The van der Waals surface area contributed by atoms with E-state index in [9.17, 15) is 5.11 Å². The van der Waals surface area contributed by atoms with Crippen molar-refractivity contribution in [1.82, 2.24) is 10.2 Å². The lowest BCUT2D eigenvalue weighted by Gasteiger charge is -2.23. The summed E-state index contributed by atoms with van der Waals surface area (Å²) < 4.78 is 0. The van der Waals surface area contributed by atoms with Crippen LogP contribution in [-0.2, 0) is 13.1 Å². The fourth-order valence-corrected chi connectivity index (χ4v) is 2.16. The van der Waals surface area contributed by atoms with Gasteiger partial charge in [0.2, 0.25) is 0 Å². The third-order valence-corrected chi connectivity index (χ3v) is 3.75. The number of hydrogen-bond acceptors (Lipinski definition) is 3. The van der Waals surface area contributed by atoms with Gasteiger partial charge >= 0.3 is 0 Å². The maximum absolute atomic E-state index is 9.28. The van der Waals surface area contributed by atoms with Gasteiger partial charge in [0.1, 0.15) is 0 Å². The third-order valence-electron chi connectivity index (χ3n) is 3.75. The largest absolute Gasteiger partial charge is 0.396 e. The van der Waals surface area contributed by atoms with E-state index in [4.69, 9.17) is 0 Å². The van der Waals surface area contributed by atoms with E-state index in [1.807, 2.05) is 0 Å². The molecule has 20 heavy (non-hydrogen) atoms. The number of nitrogens with one attached hydrogen (secondary N) is 1. The third kappa shape index (κ3) is 5.61. The Morgan fingerprint density at radius 2 is 1.70 bits per heavy atom. The molecule has 1 aromatic carbocycles. The molecule has 0 unspecified atom stereocenters. The number of aliphatic hydroxyl groups is 1. The van der Waals surface area contributed by atoms with E-state index in [0.29, 0.717) is 0 Å². The summed E-state index contributed by atoms with van der Waals surface area (Å²) >= 11 is 0. The molecule has 0 fully saturated rings. The second kappa shape index (κ2) is 8.40. The summed E-state index contributed by atoms with van der Waals surface area (Å²) in [7, 11) is 0. The summed E-state index contributed by atoms with van der Waals surface area (Å²) in [6.45, 7) is 13.6. The minimum atomic E-state index is -0.0617. The van der Waals surface area contributed by atoms with Gasteiger partial charge in [-0.15, -0.1) is 0 Å². The predicted molar refractivity (Wildman–Crippen MR) is 85.6 cm³/mol. The lowest BCUT2D eigenvalue weighted by Crippen LogP contribution is -2.32. The number of aliphatic hydroxyl groups excluding tert-OH is 1. The van der Waals surface area contributed by atoms with Crippen LogP contribution in [0.1, 0.15) is 38.8 Å². The molecule has 0 bridgehead atoms. The van der Waals surface area contributed by atoms with E-state index < -0.39 is 0 Å². The molecule has 0 saturated heterocycles. The zero-order chi connectivity index (χ0) is 15.0. The average molecular weight is 278 g/mol. The van der Waals surface area contributed by atoms with E-state index in [0.717, 1.165) is 32.7 Å². The molecular weight excluding hydrogens is 248 g/mol. The zero-order valence-electron chi connectivity index (χ0n) is 13.4. The molecule has 3 nitrogen and oxygen atoms in total. The topological polar surface area (TPSA) is 35.5 Å². The van der Waals surface area contributed by atoms with E-state index in [2.05, 4.69) is 62.2 Å². The van der Waals surface area contributed by atoms with Crippen LogP contribution < -0.4 is 5.32 Å². The molecule has 0 aromatic heterocycles. The summed E-state index contributed by atoms with van der Waals surface area (Å²) in [6.07, 6.45) is 0. The van der Waals surface area contributed by atoms with Crippen molar-refractivity contribution in [3.05, 3.63) is 35.4 Å². The summed E-state index contributed by atoms with van der Waals surface area (Å²) in [5.74, 6) is 0. The molecule has 0 heterocycles. The maximum atomic E-state index is 9.28. The van der Waals surface area contributed by atoms with Crippen LogP contribution in [0.3, 0.4) is 0 Å². The van der Waals surface area contributed by atoms with Crippen molar-refractivity contribution in [3.63, 3.8) is 0 Å². The highest BCUT2D eigenvalue weighted by atomic mass is 16.3. The van der Waals surface area contributed by atoms with Crippen molar-refractivity contribution in [2.24, 2.45) is 5.41 Å². The van der Waals surface area contributed by atoms with Crippen molar-refractivity contribution >= 4 is 0 Å². The summed E-state index contributed by atoms with van der Waals surface area (Å²) in [5, 5.41) is 12.7. The van der Waals surface area contributed by atoms with Gasteiger partial charge in [-0.1, -0.05) is 52.0 Å². The van der Waals surface area contributed by atoms with Gasteiger partial charge in [0.05, 0.1) is 0 Å². The zero-order valence-corrected chi connectivity index (χ0v) is 13.4. The summed E-state index contributed by atoms with van der Waals surface area (Å²) in [6, 6.07) is 8.62. The number of hydrogen-bond donors (Lipinski definition) is 2. The second-order valence-corrected chi connectivity index (χ2v) is 6.16. The number of nitrogens with zero attached hydrogens (tertiary/aromatic N) is 1. The van der Waals surface area contributed by atoms with Crippen LogP contribution in [0.4, 0.5) is 0 Å². The molecule has 0 aliphatic carbocycles. The van der Waals surface area contributed by atoms with Gasteiger partial charge in [-0.2, -0.15) is 0 Å². The van der Waals surface area contributed by atoms with Crippen molar-refractivity contribution in [2.45, 2.75) is 40.8 Å². The van der Waals surface area contributed by atoms with Gasteiger partial charge in [-0.3, -0.25) is 4.90 Å². The smallest absolute Gasteiger partial charge is 0.0494 e. The molecule has 0 radical (unpaired) electrons. The minimum absolute atomic E-state index is 0.0617. The highest BCUT2D eigenvalue weighted by molar-refractivity contribution is 5.27. The minimum Gasteiger partial charge on any atom is -0.396 e.